The first-order chi connectivity index (χ1) is 9.54. The molecule has 2 aromatic rings. The summed E-state index contributed by atoms with van der Waals surface area (Å²) in [6.07, 6.45) is 2.65. The van der Waals surface area contributed by atoms with Gasteiger partial charge in [-0.1, -0.05) is 24.6 Å². The lowest BCUT2D eigenvalue weighted by atomic mass is 9.64. The second kappa shape index (κ2) is 4.66. The maximum absolute atomic E-state index is 14.1. The molecule has 0 amide bonds. The van der Waals surface area contributed by atoms with E-state index in [2.05, 4.69) is 4.98 Å². The van der Waals surface area contributed by atoms with Crippen LogP contribution in [0.4, 0.5) is 4.39 Å². The van der Waals surface area contributed by atoms with Gasteiger partial charge in [0.2, 0.25) is 0 Å². The highest BCUT2D eigenvalue weighted by Gasteiger charge is 2.45. The number of nitrogens with zero attached hydrogens (tertiary/aromatic N) is 1. The fourth-order valence-corrected chi connectivity index (χ4v) is 3.94. The number of rotatable bonds is 3. The smallest absolute Gasteiger partial charge is 0.347 e. The van der Waals surface area contributed by atoms with Crippen molar-refractivity contribution in [2.75, 3.05) is 0 Å². The number of hydrogen-bond donors (Lipinski definition) is 1. The molecule has 1 fully saturated rings. The number of aryl methyl sites for hydroxylation is 1. The van der Waals surface area contributed by atoms with Gasteiger partial charge in [0, 0.05) is 5.56 Å². The number of carbonyl (C=O) groups is 1. The van der Waals surface area contributed by atoms with E-state index in [0.717, 1.165) is 24.3 Å². The number of carboxylic acid groups (broad SMARTS) is 1. The third kappa shape index (κ3) is 1.85. The van der Waals surface area contributed by atoms with Crippen LogP contribution in [0.1, 0.15) is 45.2 Å². The Morgan fingerprint density at radius 3 is 2.60 bits per heavy atom. The number of carboxylic acids is 1. The summed E-state index contributed by atoms with van der Waals surface area (Å²) in [7, 11) is 0. The first-order valence-corrected chi connectivity index (χ1v) is 7.32. The molecule has 20 heavy (non-hydrogen) atoms. The number of hydrogen-bond acceptors (Lipinski definition) is 3. The lowest BCUT2D eigenvalue weighted by Gasteiger charge is -2.40. The highest BCUT2D eigenvalue weighted by Crippen LogP contribution is 2.51. The molecule has 1 aromatic carbocycles. The number of aromatic nitrogens is 1. The van der Waals surface area contributed by atoms with Crippen LogP contribution < -0.4 is 0 Å². The van der Waals surface area contributed by atoms with Gasteiger partial charge in [0.1, 0.15) is 15.7 Å². The quantitative estimate of drug-likeness (QED) is 0.936. The normalized spacial score (nSPS) is 16.7. The molecule has 1 heterocycles. The molecular weight excluding hydrogens is 277 g/mol. The molecule has 0 saturated heterocycles. The average Bonchev–Trinajstić information content (AvgIpc) is 2.73. The summed E-state index contributed by atoms with van der Waals surface area (Å²) >= 11 is 1.18. The predicted octanol–water partition coefficient (Wildman–Crippen LogP) is 3.76. The van der Waals surface area contributed by atoms with Crippen LogP contribution in [0.25, 0.3) is 0 Å². The Kier molecular flexibility index (Phi) is 3.09. The predicted molar refractivity (Wildman–Crippen MR) is 74.8 cm³/mol. The largest absolute Gasteiger partial charge is 0.477 e. The molecule has 0 radical (unpaired) electrons. The Balaban J connectivity index is 2.13. The van der Waals surface area contributed by atoms with Gasteiger partial charge >= 0.3 is 5.97 Å². The standard InChI is InChI=1S/C15H14FNO2S/c1-9-12(13(18)19)20-14(17-9)15(7-4-8-15)10-5-2-3-6-11(10)16/h2-3,5-6H,4,7-8H2,1H3,(H,18,19). The second-order valence-electron chi connectivity index (χ2n) is 5.15. The summed E-state index contributed by atoms with van der Waals surface area (Å²) in [6.45, 7) is 1.69. The molecule has 1 aromatic heterocycles. The molecule has 0 spiro atoms. The zero-order valence-electron chi connectivity index (χ0n) is 11.0. The van der Waals surface area contributed by atoms with Gasteiger partial charge in [-0.2, -0.15) is 0 Å². The van der Waals surface area contributed by atoms with Gasteiger partial charge in [-0.05, 0) is 25.8 Å². The van der Waals surface area contributed by atoms with E-state index in [9.17, 15) is 9.18 Å². The van der Waals surface area contributed by atoms with Gasteiger partial charge < -0.3 is 5.11 Å². The average molecular weight is 291 g/mol. The minimum Gasteiger partial charge on any atom is -0.477 e. The molecule has 3 rings (SSSR count). The van der Waals surface area contributed by atoms with E-state index in [1.165, 1.54) is 17.4 Å². The van der Waals surface area contributed by atoms with Crippen LogP contribution in [0.15, 0.2) is 24.3 Å². The fourth-order valence-electron chi connectivity index (χ4n) is 2.78. The van der Waals surface area contributed by atoms with Crippen LogP contribution in [0.5, 0.6) is 0 Å². The van der Waals surface area contributed by atoms with Crippen molar-refractivity contribution in [3.8, 4) is 0 Å². The summed E-state index contributed by atoms with van der Waals surface area (Å²) in [6, 6.07) is 6.72. The number of halogens is 1. The SMILES string of the molecule is Cc1nc(C2(c3ccccc3F)CCC2)sc1C(=O)O. The minimum absolute atomic E-state index is 0.239. The summed E-state index contributed by atoms with van der Waals surface area (Å²) in [5, 5.41) is 9.88. The molecule has 104 valence electrons. The van der Waals surface area contributed by atoms with E-state index < -0.39 is 11.4 Å². The van der Waals surface area contributed by atoms with Crippen molar-refractivity contribution in [3.63, 3.8) is 0 Å². The number of benzene rings is 1. The van der Waals surface area contributed by atoms with E-state index in [1.54, 1.807) is 19.1 Å². The third-order valence-corrected chi connectivity index (χ3v) is 5.35. The molecule has 1 N–H and O–H groups in total. The second-order valence-corrected chi connectivity index (χ2v) is 6.15. The summed E-state index contributed by atoms with van der Waals surface area (Å²) in [5.74, 6) is -1.20. The first-order valence-electron chi connectivity index (χ1n) is 6.51. The number of aromatic carboxylic acids is 1. The van der Waals surface area contributed by atoms with Crippen molar-refractivity contribution < 1.29 is 14.3 Å². The Bertz CT molecular complexity index is 676. The Hall–Kier alpha value is -1.75. The van der Waals surface area contributed by atoms with Crippen molar-refractivity contribution in [3.05, 3.63) is 51.2 Å². The number of thiazole rings is 1. The molecule has 1 aliphatic carbocycles. The van der Waals surface area contributed by atoms with E-state index in [0.29, 0.717) is 11.3 Å². The van der Waals surface area contributed by atoms with Crippen molar-refractivity contribution in [2.24, 2.45) is 0 Å². The van der Waals surface area contributed by atoms with Crippen LogP contribution in [0.3, 0.4) is 0 Å². The maximum Gasteiger partial charge on any atom is 0.347 e. The summed E-state index contributed by atoms with van der Waals surface area (Å²) in [5.41, 5.74) is 0.714. The summed E-state index contributed by atoms with van der Waals surface area (Å²) < 4.78 is 14.1. The third-order valence-electron chi connectivity index (χ3n) is 4.00. The molecule has 5 heteroatoms. The lowest BCUT2D eigenvalue weighted by molar-refractivity contribution is 0.0701. The molecule has 3 nitrogen and oxygen atoms in total. The van der Waals surface area contributed by atoms with E-state index in [-0.39, 0.29) is 10.7 Å². The van der Waals surface area contributed by atoms with Crippen LogP contribution in [-0.4, -0.2) is 16.1 Å². The van der Waals surface area contributed by atoms with Crippen LogP contribution >= 0.6 is 11.3 Å². The van der Waals surface area contributed by atoms with Gasteiger partial charge in [-0.3, -0.25) is 0 Å². The van der Waals surface area contributed by atoms with Crippen molar-refractivity contribution in [2.45, 2.75) is 31.6 Å². The van der Waals surface area contributed by atoms with Gasteiger partial charge in [0.15, 0.2) is 0 Å². The van der Waals surface area contributed by atoms with Gasteiger partial charge in [0.25, 0.3) is 0 Å². The first kappa shape index (κ1) is 13.2. The lowest BCUT2D eigenvalue weighted by Crippen LogP contribution is -2.36. The topological polar surface area (TPSA) is 50.2 Å². The highest BCUT2D eigenvalue weighted by atomic mass is 32.1. The van der Waals surface area contributed by atoms with Gasteiger partial charge in [-0.15, -0.1) is 11.3 Å². The maximum atomic E-state index is 14.1. The zero-order chi connectivity index (χ0) is 14.3. The van der Waals surface area contributed by atoms with E-state index in [1.807, 2.05) is 6.07 Å². The van der Waals surface area contributed by atoms with Crippen molar-refractivity contribution >= 4 is 17.3 Å². The van der Waals surface area contributed by atoms with Crippen LogP contribution in [-0.2, 0) is 5.41 Å². The van der Waals surface area contributed by atoms with Crippen LogP contribution in [0.2, 0.25) is 0 Å². The Morgan fingerprint density at radius 2 is 2.10 bits per heavy atom. The zero-order valence-corrected chi connectivity index (χ0v) is 11.8. The van der Waals surface area contributed by atoms with Gasteiger partial charge in [-0.25, -0.2) is 14.2 Å². The van der Waals surface area contributed by atoms with Crippen LogP contribution in [0, 0.1) is 12.7 Å². The molecular formula is C15H14FNO2S. The fraction of sp³-hybridized carbons (Fsp3) is 0.333. The monoisotopic (exact) mass is 291 g/mol. The van der Waals surface area contributed by atoms with Crippen molar-refractivity contribution in [1.82, 2.24) is 4.98 Å². The van der Waals surface area contributed by atoms with Gasteiger partial charge in [0.05, 0.1) is 11.1 Å². The summed E-state index contributed by atoms with van der Waals surface area (Å²) in [4.78, 5) is 15.8. The Morgan fingerprint density at radius 1 is 1.40 bits per heavy atom. The Labute approximate surface area is 120 Å². The molecule has 0 bridgehead atoms. The van der Waals surface area contributed by atoms with E-state index >= 15 is 0 Å². The van der Waals surface area contributed by atoms with Crippen molar-refractivity contribution in [1.29, 1.82) is 0 Å². The highest BCUT2D eigenvalue weighted by molar-refractivity contribution is 7.13. The van der Waals surface area contributed by atoms with E-state index in [4.69, 9.17) is 5.11 Å². The molecule has 0 unspecified atom stereocenters. The molecule has 1 saturated carbocycles. The molecule has 1 aliphatic rings. The minimum atomic E-state index is -0.964. The molecule has 0 atom stereocenters. The molecule has 0 aliphatic heterocycles.